The van der Waals surface area contributed by atoms with Gasteiger partial charge in [0, 0.05) is 10.0 Å². The number of hydrogen-bond donors (Lipinski definition) is 0. The van der Waals surface area contributed by atoms with E-state index in [9.17, 15) is 8.42 Å². The van der Waals surface area contributed by atoms with E-state index in [0.717, 1.165) is 0 Å². The monoisotopic (exact) mass is 266 g/mol. The van der Waals surface area contributed by atoms with Crippen LogP contribution in [0.3, 0.4) is 0 Å². The van der Waals surface area contributed by atoms with Crippen molar-refractivity contribution < 1.29 is 8.42 Å². The van der Waals surface area contributed by atoms with Crippen LogP contribution in [0, 0.1) is 6.92 Å². The van der Waals surface area contributed by atoms with Gasteiger partial charge in [-0.1, -0.05) is 23.2 Å². The lowest BCUT2D eigenvalue weighted by molar-refractivity contribution is 0.587. The van der Waals surface area contributed by atoms with Crippen molar-refractivity contribution in [3.63, 3.8) is 0 Å². The standard InChI is InChI=1S/C10H12Cl2O2S/c1-6(2)15(13,14)8-4-9(11)7(3)10(12)5-8/h4-6H,1-3H3. The highest BCUT2D eigenvalue weighted by molar-refractivity contribution is 7.92. The smallest absolute Gasteiger partial charge is 0.180 e. The second kappa shape index (κ2) is 4.32. The summed E-state index contributed by atoms with van der Waals surface area (Å²) in [7, 11) is -3.31. The van der Waals surface area contributed by atoms with Crippen LogP contribution >= 0.6 is 23.2 Å². The topological polar surface area (TPSA) is 34.1 Å². The van der Waals surface area contributed by atoms with Crippen LogP contribution in [0.1, 0.15) is 19.4 Å². The van der Waals surface area contributed by atoms with E-state index in [-0.39, 0.29) is 4.90 Å². The summed E-state index contributed by atoms with van der Waals surface area (Å²) in [5.74, 6) is 0. The Bertz CT molecular complexity index is 455. The van der Waals surface area contributed by atoms with Gasteiger partial charge in [-0.05, 0) is 38.5 Å². The normalized spacial score (nSPS) is 12.1. The van der Waals surface area contributed by atoms with Gasteiger partial charge >= 0.3 is 0 Å². The average molecular weight is 267 g/mol. The molecule has 5 heteroatoms. The molecule has 0 fully saturated rings. The van der Waals surface area contributed by atoms with Crippen LogP contribution in [0.15, 0.2) is 17.0 Å². The van der Waals surface area contributed by atoms with Crippen LogP contribution in [-0.4, -0.2) is 13.7 Å². The molecule has 0 atom stereocenters. The van der Waals surface area contributed by atoms with Crippen molar-refractivity contribution in [1.29, 1.82) is 0 Å². The lowest BCUT2D eigenvalue weighted by Gasteiger charge is -2.10. The summed E-state index contributed by atoms with van der Waals surface area (Å²) in [4.78, 5) is 0.179. The second-order valence-corrected chi connectivity index (χ2v) is 6.92. The Kier molecular flexibility index (Phi) is 3.69. The van der Waals surface area contributed by atoms with E-state index in [0.29, 0.717) is 15.6 Å². The van der Waals surface area contributed by atoms with Crippen LogP contribution in [-0.2, 0) is 9.84 Å². The maximum absolute atomic E-state index is 11.8. The molecule has 1 rings (SSSR count). The Balaban J connectivity index is 3.42. The molecule has 84 valence electrons. The first-order valence-electron chi connectivity index (χ1n) is 4.46. The number of hydrogen-bond acceptors (Lipinski definition) is 2. The summed E-state index contributed by atoms with van der Waals surface area (Å²) in [6, 6.07) is 2.89. The van der Waals surface area contributed by atoms with E-state index in [1.165, 1.54) is 12.1 Å². The van der Waals surface area contributed by atoms with Gasteiger partial charge in [0.2, 0.25) is 0 Å². The average Bonchev–Trinajstić information content (AvgIpc) is 2.13. The molecule has 1 aromatic rings. The lowest BCUT2D eigenvalue weighted by atomic mass is 10.2. The summed E-state index contributed by atoms with van der Waals surface area (Å²) in [6.07, 6.45) is 0. The van der Waals surface area contributed by atoms with E-state index in [1.807, 2.05) is 0 Å². The highest BCUT2D eigenvalue weighted by atomic mass is 35.5. The molecule has 1 aromatic carbocycles. The van der Waals surface area contributed by atoms with Crippen molar-refractivity contribution in [2.24, 2.45) is 0 Å². The molecule has 0 saturated carbocycles. The van der Waals surface area contributed by atoms with Gasteiger partial charge < -0.3 is 0 Å². The van der Waals surface area contributed by atoms with E-state index in [4.69, 9.17) is 23.2 Å². The van der Waals surface area contributed by atoms with Crippen molar-refractivity contribution in [2.75, 3.05) is 0 Å². The van der Waals surface area contributed by atoms with Gasteiger partial charge in [-0.25, -0.2) is 8.42 Å². The number of sulfone groups is 1. The third-order valence-corrected chi connectivity index (χ3v) is 5.12. The van der Waals surface area contributed by atoms with Crippen molar-refractivity contribution >= 4 is 33.0 Å². The predicted octanol–water partition coefficient (Wildman–Crippen LogP) is 3.48. The molecular weight excluding hydrogens is 255 g/mol. The Labute approximate surface area is 100 Å². The molecule has 0 bridgehead atoms. The molecular formula is C10H12Cl2O2S. The zero-order valence-corrected chi connectivity index (χ0v) is 11.0. The Morgan fingerprint density at radius 1 is 1.13 bits per heavy atom. The van der Waals surface area contributed by atoms with E-state index >= 15 is 0 Å². The van der Waals surface area contributed by atoms with Crippen molar-refractivity contribution in [3.8, 4) is 0 Å². The molecule has 0 radical (unpaired) electrons. The SMILES string of the molecule is Cc1c(Cl)cc(S(=O)(=O)C(C)C)cc1Cl. The molecule has 0 aliphatic heterocycles. The molecule has 15 heavy (non-hydrogen) atoms. The van der Waals surface area contributed by atoms with Crippen LogP contribution < -0.4 is 0 Å². The van der Waals surface area contributed by atoms with Gasteiger partial charge in [0.05, 0.1) is 10.1 Å². The largest absolute Gasteiger partial charge is 0.223 e. The maximum atomic E-state index is 11.8. The fraction of sp³-hybridized carbons (Fsp3) is 0.400. The highest BCUT2D eigenvalue weighted by Gasteiger charge is 2.20. The zero-order chi connectivity index (χ0) is 11.8. The quantitative estimate of drug-likeness (QED) is 0.822. The summed E-state index contributed by atoms with van der Waals surface area (Å²) in [5.41, 5.74) is 0.695. The Morgan fingerprint density at radius 2 is 1.53 bits per heavy atom. The minimum Gasteiger partial charge on any atom is -0.223 e. The van der Waals surface area contributed by atoms with Gasteiger partial charge in [-0.2, -0.15) is 0 Å². The van der Waals surface area contributed by atoms with Crippen LogP contribution in [0.25, 0.3) is 0 Å². The fourth-order valence-electron chi connectivity index (χ4n) is 1.06. The first-order valence-corrected chi connectivity index (χ1v) is 6.76. The maximum Gasteiger partial charge on any atom is 0.180 e. The second-order valence-electron chi connectivity index (χ2n) is 3.61. The number of benzene rings is 1. The molecule has 0 unspecified atom stereocenters. The van der Waals surface area contributed by atoms with Crippen LogP contribution in [0.5, 0.6) is 0 Å². The van der Waals surface area contributed by atoms with E-state index in [2.05, 4.69) is 0 Å². The third kappa shape index (κ3) is 2.47. The summed E-state index contributed by atoms with van der Waals surface area (Å²) >= 11 is 11.8. The summed E-state index contributed by atoms with van der Waals surface area (Å²) < 4.78 is 23.7. The van der Waals surface area contributed by atoms with Crippen molar-refractivity contribution in [3.05, 3.63) is 27.7 Å². The number of rotatable bonds is 2. The molecule has 0 aromatic heterocycles. The Hall–Kier alpha value is -0.250. The minimum absolute atomic E-state index is 0.179. The summed E-state index contributed by atoms with van der Waals surface area (Å²) in [6.45, 7) is 4.99. The number of halogens is 2. The lowest BCUT2D eigenvalue weighted by Crippen LogP contribution is -2.14. The van der Waals surface area contributed by atoms with Crippen molar-refractivity contribution in [2.45, 2.75) is 30.9 Å². The Morgan fingerprint density at radius 3 is 1.87 bits per heavy atom. The molecule has 0 N–H and O–H groups in total. The predicted molar refractivity (Wildman–Crippen MR) is 63.5 cm³/mol. The molecule has 0 amide bonds. The molecule has 0 heterocycles. The molecule has 2 nitrogen and oxygen atoms in total. The first-order chi connectivity index (χ1) is 6.76. The third-order valence-electron chi connectivity index (χ3n) is 2.20. The molecule has 0 saturated heterocycles. The van der Waals surface area contributed by atoms with Crippen LogP contribution in [0.2, 0.25) is 10.0 Å². The van der Waals surface area contributed by atoms with Gasteiger partial charge in [0.25, 0.3) is 0 Å². The van der Waals surface area contributed by atoms with Gasteiger partial charge in [-0.3, -0.25) is 0 Å². The van der Waals surface area contributed by atoms with E-state index in [1.54, 1.807) is 20.8 Å². The summed E-state index contributed by atoms with van der Waals surface area (Å²) in [5, 5.41) is 0.274. The molecule has 0 aliphatic carbocycles. The highest BCUT2D eigenvalue weighted by Crippen LogP contribution is 2.29. The fourth-order valence-corrected chi connectivity index (χ4v) is 2.78. The van der Waals surface area contributed by atoms with Gasteiger partial charge in [0.15, 0.2) is 9.84 Å². The minimum atomic E-state index is -3.31. The van der Waals surface area contributed by atoms with Crippen LogP contribution in [0.4, 0.5) is 0 Å². The zero-order valence-electron chi connectivity index (χ0n) is 8.71. The van der Waals surface area contributed by atoms with Gasteiger partial charge in [0.1, 0.15) is 0 Å². The van der Waals surface area contributed by atoms with Gasteiger partial charge in [-0.15, -0.1) is 0 Å². The van der Waals surface area contributed by atoms with E-state index < -0.39 is 15.1 Å². The molecule has 0 spiro atoms. The van der Waals surface area contributed by atoms with Crippen molar-refractivity contribution in [1.82, 2.24) is 0 Å². The first kappa shape index (κ1) is 12.8. The molecule has 0 aliphatic rings.